The first-order valence-electron chi connectivity index (χ1n) is 9.00. The van der Waals surface area contributed by atoms with E-state index >= 15 is 0 Å². The molecule has 0 saturated carbocycles. The average molecular weight is 383 g/mol. The van der Waals surface area contributed by atoms with Crippen LogP contribution in [0.4, 0.5) is 4.39 Å². The molecule has 0 aliphatic carbocycles. The minimum atomic E-state index is -0.638. The molecule has 3 rings (SSSR count). The molecule has 2 aromatic rings. The van der Waals surface area contributed by atoms with Gasteiger partial charge < -0.3 is 14.4 Å². The minimum Gasteiger partial charge on any atom is -0.493 e. The van der Waals surface area contributed by atoms with E-state index in [1.54, 1.807) is 23.1 Å². The molecule has 1 aliphatic heterocycles. The molecule has 2 aromatic carbocycles. The molecule has 5 nitrogen and oxygen atoms in total. The van der Waals surface area contributed by atoms with Gasteiger partial charge in [0.25, 0.3) is 0 Å². The zero-order valence-corrected chi connectivity index (χ0v) is 16.8. The molecule has 0 fully saturated rings. The number of hydrogen-bond acceptors (Lipinski definition) is 4. The highest BCUT2D eigenvalue weighted by Crippen LogP contribution is 2.38. The lowest BCUT2D eigenvalue weighted by molar-refractivity contribution is 0.0962. The quantitative estimate of drug-likeness (QED) is 0.794. The van der Waals surface area contributed by atoms with Crippen molar-refractivity contribution in [2.75, 3.05) is 20.8 Å². The summed E-state index contributed by atoms with van der Waals surface area (Å²) in [6, 6.07) is 10.1. The van der Waals surface area contributed by atoms with Crippen LogP contribution in [0.15, 0.2) is 24.3 Å². The fourth-order valence-electron chi connectivity index (χ4n) is 3.30. The zero-order valence-electron chi connectivity index (χ0n) is 16.8. The third-order valence-corrected chi connectivity index (χ3v) is 4.87. The summed E-state index contributed by atoms with van der Waals surface area (Å²) in [5.41, 5.74) is 2.14. The van der Waals surface area contributed by atoms with Crippen LogP contribution in [-0.4, -0.2) is 37.3 Å². The number of benzene rings is 2. The Balaban J connectivity index is 1.86. The number of Topliss-reactive ketones (excluding diaryl/α,β-unsaturated/α-hetero) is 1. The van der Waals surface area contributed by atoms with Crippen molar-refractivity contribution in [2.24, 2.45) is 0 Å². The molecule has 147 valence electrons. The summed E-state index contributed by atoms with van der Waals surface area (Å²) in [5.74, 6) is -0.557. The molecule has 1 aliphatic rings. The number of ketones is 1. The molecule has 0 unspecified atom stereocenters. The van der Waals surface area contributed by atoms with Gasteiger partial charge in [-0.25, -0.2) is 4.39 Å². The number of nitrogens with zero attached hydrogens (tertiary/aromatic N) is 1. The molecule has 0 atom stereocenters. The number of fused-ring (bicyclic) bond motifs is 1. The lowest BCUT2D eigenvalue weighted by atomic mass is 9.86. The van der Waals surface area contributed by atoms with E-state index in [0.29, 0.717) is 11.1 Å². The Morgan fingerprint density at radius 2 is 2.00 bits per heavy atom. The molecule has 1 heterocycles. The van der Waals surface area contributed by atoms with Gasteiger partial charge >= 0.3 is 0 Å². The van der Waals surface area contributed by atoms with E-state index in [-0.39, 0.29) is 47.2 Å². The van der Waals surface area contributed by atoms with Gasteiger partial charge in [-0.3, -0.25) is 10.2 Å². The smallest absolute Gasteiger partial charge is 0.197 e. The van der Waals surface area contributed by atoms with Gasteiger partial charge in [-0.1, -0.05) is 32.9 Å². The van der Waals surface area contributed by atoms with Crippen LogP contribution in [-0.2, 0) is 12.0 Å². The van der Waals surface area contributed by atoms with Crippen molar-refractivity contribution >= 4 is 11.6 Å². The Labute approximate surface area is 164 Å². The summed E-state index contributed by atoms with van der Waals surface area (Å²) in [4.78, 5) is 14.4. The number of rotatable bonds is 5. The molecular formula is C22H24FN2O3. The van der Waals surface area contributed by atoms with Crippen LogP contribution in [0.3, 0.4) is 0 Å². The van der Waals surface area contributed by atoms with Crippen molar-refractivity contribution in [3.63, 3.8) is 0 Å². The van der Waals surface area contributed by atoms with E-state index in [1.807, 2.05) is 6.07 Å². The predicted octanol–water partition coefficient (Wildman–Crippen LogP) is 3.96. The van der Waals surface area contributed by atoms with Crippen molar-refractivity contribution < 1.29 is 18.7 Å². The molecule has 1 N–H and O–H groups in total. The fourth-order valence-corrected chi connectivity index (χ4v) is 3.30. The maximum absolute atomic E-state index is 14.8. The second-order valence-corrected chi connectivity index (χ2v) is 7.83. The van der Waals surface area contributed by atoms with Crippen LogP contribution in [0.5, 0.6) is 11.5 Å². The normalized spacial score (nSPS) is 13.5. The molecular weight excluding hydrogens is 359 g/mol. The molecule has 0 amide bonds. The predicted molar refractivity (Wildman–Crippen MR) is 105 cm³/mol. The van der Waals surface area contributed by atoms with E-state index in [0.717, 1.165) is 5.56 Å². The summed E-state index contributed by atoms with van der Waals surface area (Å²) in [7, 11) is 2.79. The van der Waals surface area contributed by atoms with Crippen molar-refractivity contribution in [1.82, 2.24) is 4.90 Å². The van der Waals surface area contributed by atoms with Gasteiger partial charge in [-0.15, -0.1) is 0 Å². The van der Waals surface area contributed by atoms with E-state index in [4.69, 9.17) is 14.9 Å². The number of amidine groups is 1. The lowest BCUT2D eigenvalue weighted by Crippen LogP contribution is -2.30. The van der Waals surface area contributed by atoms with Gasteiger partial charge in [0.2, 0.25) is 0 Å². The highest BCUT2D eigenvalue weighted by Gasteiger charge is 2.32. The highest BCUT2D eigenvalue weighted by atomic mass is 19.1. The van der Waals surface area contributed by atoms with E-state index in [1.165, 1.54) is 14.2 Å². The van der Waals surface area contributed by atoms with E-state index in [2.05, 4.69) is 26.8 Å². The molecule has 0 bridgehead atoms. The lowest BCUT2D eigenvalue weighted by Gasteiger charge is -2.20. The average Bonchev–Trinajstić information content (AvgIpc) is 2.96. The Bertz CT molecular complexity index is 948. The Hall–Kier alpha value is -2.89. The molecule has 6 heteroatoms. The first kappa shape index (κ1) is 19.9. The van der Waals surface area contributed by atoms with Crippen LogP contribution >= 0.6 is 0 Å². The maximum atomic E-state index is 14.8. The highest BCUT2D eigenvalue weighted by molar-refractivity contribution is 6.05. The summed E-state index contributed by atoms with van der Waals surface area (Å²) in [6.45, 7) is 6.43. The van der Waals surface area contributed by atoms with Gasteiger partial charge in [0.05, 0.1) is 26.3 Å². The molecule has 0 aromatic heterocycles. The SMILES string of the molecule is COc1cc2c(c(F)c1OC)C(=N)N(CC(=O)c1cc[c]c(C(C)(C)C)c1)C2. The maximum Gasteiger partial charge on any atom is 0.197 e. The molecule has 28 heavy (non-hydrogen) atoms. The standard InChI is InChI=1S/C22H24FN2O3/c1-22(2,3)15-8-6-7-13(9-15)16(26)12-25-11-14-10-17(27-4)20(28-5)19(23)18(14)21(25)24/h6-7,9-10,24H,11-12H2,1-5H3. The van der Waals surface area contributed by atoms with Crippen molar-refractivity contribution in [2.45, 2.75) is 32.7 Å². The number of halogens is 1. The molecule has 0 saturated heterocycles. The molecule has 1 radical (unpaired) electrons. The topological polar surface area (TPSA) is 62.6 Å². The summed E-state index contributed by atoms with van der Waals surface area (Å²) < 4.78 is 25.1. The molecule has 0 spiro atoms. The van der Waals surface area contributed by atoms with Gasteiger partial charge in [0.15, 0.2) is 23.1 Å². The Morgan fingerprint density at radius 3 is 2.61 bits per heavy atom. The van der Waals surface area contributed by atoms with Crippen LogP contribution in [0.1, 0.15) is 47.8 Å². The number of nitrogens with one attached hydrogen (secondary N) is 1. The second kappa shape index (κ2) is 7.26. The number of methoxy groups -OCH3 is 2. The third kappa shape index (κ3) is 3.46. The van der Waals surface area contributed by atoms with E-state index < -0.39 is 5.82 Å². The fraction of sp³-hybridized carbons (Fsp3) is 0.364. The van der Waals surface area contributed by atoms with Gasteiger partial charge in [-0.05, 0) is 34.7 Å². The summed E-state index contributed by atoms with van der Waals surface area (Å²) >= 11 is 0. The van der Waals surface area contributed by atoms with Gasteiger partial charge in [0, 0.05) is 12.1 Å². The third-order valence-electron chi connectivity index (χ3n) is 4.87. The van der Waals surface area contributed by atoms with Crippen molar-refractivity contribution in [3.8, 4) is 11.5 Å². The number of carbonyl (C=O) groups excluding carboxylic acids is 1. The van der Waals surface area contributed by atoms with Crippen molar-refractivity contribution in [1.29, 1.82) is 5.41 Å². The largest absolute Gasteiger partial charge is 0.493 e. The number of hydrogen-bond donors (Lipinski definition) is 1. The van der Waals surface area contributed by atoms with Gasteiger partial charge in [0.1, 0.15) is 5.84 Å². The monoisotopic (exact) mass is 383 g/mol. The first-order chi connectivity index (χ1) is 13.2. The van der Waals surface area contributed by atoms with E-state index in [9.17, 15) is 9.18 Å². The number of carbonyl (C=O) groups is 1. The van der Waals surface area contributed by atoms with Crippen LogP contribution in [0.2, 0.25) is 0 Å². The summed E-state index contributed by atoms with van der Waals surface area (Å²) in [5, 5.41) is 8.36. The second-order valence-electron chi connectivity index (χ2n) is 7.83. The summed E-state index contributed by atoms with van der Waals surface area (Å²) in [6.07, 6.45) is 0. The van der Waals surface area contributed by atoms with Crippen LogP contribution in [0, 0.1) is 17.3 Å². The van der Waals surface area contributed by atoms with Crippen LogP contribution in [0.25, 0.3) is 0 Å². The van der Waals surface area contributed by atoms with Gasteiger partial charge in [-0.2, -0.15) is 0 Å². The first-order valence-corrected chi connectivity index (χ1v) is 9.00. The Kier molecular flexibility index (Phi) is 5.15. The zero-order chi connectivity index (χ0) is 20.6. The minimum absolute atomic E-state index is 0.00875. The van der Waals surface area contributed by atoms with Crippen molar-refractivity contribution in [3.05, 3.63) is 58.4 Å². The Morgan fingerprint density at radius 1 is 1.29 bits per heavy atom. The van der Waals surface area contributed by atoms with Crippen LogP contribution < -0.4 is 9.47 Å². The number of ether oxygens (including phenoxy) is 2.